The van der Waals surface area contributed by atoms with Crippen LogP contribution in [0.2, 0.25) is 0 Å². The number of nitrogens with one attached hydrogen (secondary N) is 1. The molecular weight excluding hydrogens is 349 g/mol. The number of H-pyrrole nitrogens is 1. The summed E-state index contributed by atoms with van der Waals surface area (Å²) in [6, 6.07) is 7.77. The lowest BCUT2D eigenvalue weighted by Gasteiger charge is -2.43. The molecule has 1 amide bonds. The number of halogens is 1. The average Bonchev–Trinajstić information content (AvgIpc) is 3.33. The Morgan fingerprint density at radius 1 is 1.30 bits per heavy atom. The van der Waals surface area contributed by atoms with Crippen LogP contribution in [0.3, 0.4) is 0 Å². The monoisotopic (exact) mass is 373 g/mol. The topological polar surface area (TPSA) is 67.5 Å². The molecule has 1 N–H and O–H groups in total. The van der Waals surface area contributed by atoms with Gasteiger partial charge in [0.2, 0.25) is 0 Å². The largest absolute Gasteiger partial charge is 0.381 e. The van der Waals surface area contributed by atoms with Crippen molar-refractivity contribution < 1.29 is 18.7 Å². The zero-order chi connectivity index (χ0) is 19.0. The molecule has 6 nitrogen and oxygen atoms in total. The second-order valence-corrected chi connectivity index (χ2v) is 7.34. The van der Waals surface area contributed by atoms with Gasteiger partial charge >= 0.3 is 0 Å². The Morgan fingerprint density at radius 2 is 2.07 bits per heavy atom. The van der Waals surface area contributed by atoms with Crippen molar-refractivity contribution in [3.05, 3.63) is 41.8 Å². The van der Waals surface area contributed by atoms with Crippen LogP contribution in [0.1, 0.15) is 36.2 Å². The molecule has 0 spiro atoms. The van der Waals surface area contributed by atoms with Crippen LogP contribution >= 0.6 is 0 Å². The summed E-state index contributed by atoms with van der Waals surface area (Å²) in [5, 5.41) is 7.07. The third kappa shape index (κ3) is 3.15. The molecule has 1 saturated heterocycles. The summed E-state index contributed by atoms with van der Waals surface area (Å²) in [5.41, 5.74) is 1.52. The molecule has 1 aliphatic heterocycles. The van der Waals surface area contributed by atoms with Gasteiger partial charge in [-0.25, -0.2) is 4.39 Å². The first-order chi connectivity index (χ1) is 13.1. The van der Waals surface area contributed by atoms with E-state index in [2.05, 4.69) is 10.2 Å². The quantitative estimate of drug-likeness (QED) is 0.895. The molecule has 2 aliphatic rings. The summed E-state index contributed by atoms with van der Waals surface area (Å²) in [6.07, 6.45) is 3.58. The molecule has 27 heavy (non-hydrogen) atoms. The second kappa shape index (κ2) is 7.05. The van der Waals surface area contributed by atoms with E-state index in [0.29, 0.717) is 17.9 Å². The summed E-state index contributed by atoms with van der Waals surface area (Å²) in [6.45, 7) is 0.651. The number of nitrogens with zero attached hydrogens (tertiary/aromatic N) is 2. The molecular formula is C20H24FN3O3. The molecule has 1 saturated carbocycles. The number of rotatable bonds is 4. The lowest BCUT2D eigenvalue weighted by molar-refractivity contribution is -0.0894. The molecule has 0 unspecified atom stereocenters. The summed E-state index contributed by atoms with van der Waals surface area (Å²) in [5.74, 6) is -0.389. The van der Waals surface area contributed by atoms with Gasteiger partial charge in [0.25, 0.3) is 5.91 Å². The highest BCUT2D eigenvalue weighted by atomic mass is 19.1. The Kier molecular flexibility index (Phi) is 4.74. The van der Waals surface area contributed by atoms with Gasteiger partial charge in [0.1, 0.15) is 11.5 Å². The number of hydrogen-bond acceptors (Lipinski definition) is 4. The zero-order valence-electron chi connectivity index (χ0n) is 15.6. The maximum absolute atomic E-state index is 13.2. The van der Waals surface area contributed by atoms with Gasteiger partial charge in [-0.1, -0.05) is 0 Å². The first kappa shape index (κ1) is 18.1. The van der Waals surface area contributed by atoms with E-state index in [9.17, 15) is 9.18 Å². The Bertz CT molecular complexity index is 822. The van der Waals surface area contributed by atoms with Crippen LogP contribution in [0.15, 0.2) is 30.3 Å². The van der Waals surface area contributed by atoms with Crippen molar-refractivity contribution >= 4 is 5.91 Å². The predicted molar refractivity (Wildman–Crippen MR) is 97.8 cm³/mol. The van der Waals surface area contributed by atoms with Gasteiger partial charge in [0.05, 0.1) is 23.4 Å². The maximum atomic E-state index is 13.2. The molecule has 2 heterocycles. The number of carbonyl (C=O) groups excluding carboxylic acids is 1. The first-order valence-electron chi connectivity index (χ1n) is 9.26. The number of hydrogen-bond donors (Lipinski definition) is 1. The van der Waals surface area contributed by atoms with Crippen LogP contribution in [0.5, 0.6) is 0 Å². The van der Waals surface area contributed by atoms with Gasteiger partial charge in [-0.2, -0.15) is 5.10 Å². The number of benzene rings is 1. The van der Waals surface area contributed by atoms with Gasteiger partial charge in [-0.15, -0.1) is 0 Å². The van der Waals surface area contributed by atoms with Crippen LogP contribution in [-0.4, -0.2) is 59.5 Å². The smallest absolute Gasteiger partial charge is 0.272 e. The number of aromatic nitrogens is 2. The minimum absolute atomic E-state index is 0.00808. The van der Waals surface area contributed by atoms with E-state index in [0.717, 1.165) is 31.2 Å². The number of likely N-dealkylation sites (tertiary alicyclic amines) is 1. The lowest BCUT2D eigenvalue weighted by Crippen LogP contribution is -2.53. The lowest BCUT2D eigenvalue weighted by atomic mass is 9.79. The van der Waals surface area contributed by atoms with E-state index in [-0.39, 0.29) is 29.5 Å². The molecule has 2 aromatic rings. The molecule has 4 rings (SSSR count). The fraction of sp³-hybridized carbons (Fsp3) is 0.500. The predicted octanol–water partition coefficient (Wildman–Crippen LogP) is 3.01. The molecule has 3 atom stereocenters. The highest BCUT2D eigenvalue weighted by molar-refractivity contribution is 5.94. The Hall–Kier alpha value is -2.25. The van der Waals surface area contributed by atoms with Crippen molar-refractivity contribution in [3.8, 4) is 11.3 Å². The molecule has 1 aliphatic carbocycles. The van der Waals surface area contributed by atoms with E-state index in [1.54, 1.807) is 32.4 Å². The summed E-state index contributed by atoms with van der Waals surface area (Å²) in [4.78, 5) is 15.0. The van der Waals surface area contributed by atoms with Crippen molar-refractivity contribution in [1.29, 1.82) is 0 Å². The zero-order valence-corrected chi connectivity index (χ0v) is 15.6. The highest BCUT2D eigenvalue weighted by Gasteiger charge is 2.52. The van der Waals surface area contributed by atoms with Gasteiger partial charge < -0.3 is 14.4 Å². The van der Waals surface area contributed by atoms with Crippen LogP contribution in [0.25, 0.3) is 11.3 Å². The van der Waals surface area contributed by atoms with Crippen molar-refractivity contribution in [1.82, 2.24) is 15.1 Å². The molecule has 0 radical (unpaired) electrons. The number of carbonyl (C=O) groups is 1. The Labute approximate surface area is 157 Å². The van der Waals surface area contributed by atoms with E-state index in [1.165, 1.54) is 12.1 Å². The molecule has 7 heteroatoms. The van der Waals surface area contributed by atoms with E-state index in [1.807, 2.05) is 4.90 Å². The fourth-order valence-electron chi connectivity index (χ4n) is 4.47. The van der Waals surface area contributed by atoms with Gasteiger partial charge in [0.15, 0.2) is 0 Å². The summed E-state index contributed by atoms with van der Waals surface area (Å²) in [7, 11) is 3.45. The average molecular weight is 373 g/mol. The number of amides is 1. The van der Waals surface area contributed by atoms with E-state index < -0.39 is 0 Å². The van der Waals surface area contributed by atoms with Crippen molar-refractivity contribution in [3.63, 3.8) is 0 Å². The van der Waals surface area contributed by atoms with Crippen molar-refractivity contribution in [2.75, 3.05) is 20.8 Å². The molecule has 1 aromatic heterocycles. The van der Waals surface area contributed by atoms with E-state index in [4.69, 9.17) is 9.47 Å². The summed E-state index contributed by atoms with van der Waals surface area (Å²) >= 11 is 0. The molecule has 1 aromatic carbocycles. The van der Waals surface area contributed by atoms with Gasteiger partial charge in [-0.3, -0.25) is 9.89 Å². The van der Waals surface area contributed by atoms with Crippen molar-refractivity contribution in [2.45, 2.75) is 43.4 Å². The normalized spacial score (nSPS) is 27.6. The first-order valence-corrected chi connectivity index (χ1v) is 9.26. The number of methoxy groups -OCH3 is 2. The van der Waals surface area contributed by atoms with Crippen LogP contribution in [0.4, 0.5) is 4.39 Å². The molecule has 2 fully saturated rings. The Balaban J connectivity index is 1.56. The van der Waals surface area contributed by atoms with Gasteiger partial charge in [-0.05, 0) is 56.0 Å². The minimum Gasteiger partial charge on any atom is -0.381 e. The third-order valence-corrected chi connectivity index (χ3v) is 6.08. The number of fused-ring (bicyclic) bond motifs is 1. The standard InChI is InChI=1S/C20H24FN3O3/c1-26-15-7-8-20(27-2)9-10-24(18(20)11-15)19(25)17-12-16(22-23-17)13-3-5-14(21)6-4-13/h3-6,12,15,18H,7-11H2,1-2H3,(H,22,23)/t15-,18+,20-/m1/s1. The minimum atomic E-state index is -0.302. The summed E-state index contributed by atoms with van der Waals surface area (Å²) < 4.78 is 24.6. The van der Waals surface area contributed by atoms with Crippen LogP contribution in [0, 0.1) is 5.82 Å². The third-order valence-electron chi connectivity index (χ3n) is 6.08. The molecule has 0 bridgehead atoms. The maximum Gasteiger partial charge on any atom is 0.272 e. The highest BCUT2D eigenvalue weighted by Crippen LogP contribution is 2.43. The molecule has 144 valence electrons. The number of aromatic amines is 1. The van der Waals surface area contributed by atoms with Crippen LogP contribution < -0.4 is 0 Å². The van der Waals surface area contributed by atoms with E-state index >= 15 is 0 Å². The number of ether oxygens (including phenoxy) is 2. The Morgan fingerprint density at radius 3 is 2.78 bits per heavy atom. The van der Waals surface area contributed by atoms with Gasteiger partial charge in [0, 0.05) is 26.3 Å². The van der Waals surface area contributed by atoms with Crippen LogP contribution in [-0.2, 0) is 9.47 Å². The fourth-order valence-corrected chi connectivity index (χ4v) is 4.47. The SMILES string of the molecule is CO[C@@H]1CC[C@@]2(OC)CCN(C(=O)c3cc(-c4ccc(F)cc4)n[nH]3)[C@H]2C1. The second-order valence-electron chi connectivity index (χ2n) is 7.34. The van der Waals surface area contributed by atoms with Crippen molar-refractivity contribution in [2.24, 2.45) is 0 Å².